The Hall–Kier alpha value is -2.16. The molecular formula is C15H15O3. The fourth-order valence-electron chi connectivity index (χ4n) is 1.67. The molecule has 2 aromatic rings. The van der Waals surface area contributed by atoms with Crippen molar-refractivity contribution in [2.75, 3.05) is 14.2 Å². The Morgan fingerprint density at radius 3 is 2.28 bits per heavy atom. The molecule has 0 fully saturated rings. The van der Waals surface area contributed by atoms with Crippen LogP contribution in [0.2, 0.25) is 0 Å². The van der Waals surface area contributed by atoms with Gasteiger partial charge in [0.25, 0.3) is 0 Å². The van der Waals surface area contributed by atoms with Gasteiger partial charge in [-0.3, -0.25) is 0 Å². The summed E-state index contributed by atoms with van der Waals surface area (Å²) in [4.78, 5) is 0. The Labute approximate surface area is 107 Å². The zero-order chi connectivity index (χ0) is 13.0. The van der Waals surface area contributed by atoms with Crippen LogP contribution in [0, 0.1) is 6.92 Å². The number of hydrogen-bond donors (Lipinski definition) is 0. The molecule has 2 rings (SSSR count). The van der Waals surface area contributed by atoms with Gasteiger partial charge in [0, 0.05) is 0 Å². The molecule has 18 heavy (non-hydrogen) atoms. The fourth-order valence-corrected chi connectivity index (χ4v) is 1.67. The van der Waals surface area contributed by atoms with Gasteiger partial charge in [0.2, 0.25) is 5.75 Å². The number of hydrogen-bond acceptors (Lipinski definition) is 3. The Morgan fingerprint density at radius 1 is 0.889 bits per heavy atom. The molecule has 0 spiro atoms. The highest BCUT2D eigenvalue weighted by Gasteiger charge is 2.11. The summed E-state index contributed by atoms with van der Waals surface area (Å²) >= 11 is 0. The second-order valence-electron chi connectivity index (χ2n) is 3.74. The predicted octanol–water partition coefficient (Wildman–Crippen LogP) is 3.68. The van der Waals surface area contributed by atoms with Crippen molar-refractivity contribution >= 4 is 0 Å². The lowest BCUT2D eigenvalue weighted by Crippen LogP contribution is -1.94. The lowest BCUT2D eigenvalue weighted by Gasteiger charge is -2.13. The van der Waals surface area contributed by atoms with E-state index in [1.54, 1.807) is 14.2 Å². The van der Waals surface area contributed by atoms with E-state index >= 15 is 0 Å². The van der Waals surface area contributed by atoms with E-state index in [4.69, 9.17) is 14.2 Å². The standard InChI is InChI=1S/C15H15O3/c1-11-6-4-7-12(10-11)18-14-9-5-8-13(16-2)15(14)17-3/h4-10H,1H2,2-3H3. The van der Waals surface area contributed by atoms with E-state index in [0.29, 0.717) is 23.0 Å². The first-order valence-electron chi connectivity index (χ1n) is 5.55. The summed E-state index contributed by atoms with van der Waals surface area (Å²) in [7, 11) is 3.18. The average molecular weight is 243 g/mol. The summed E-state index contributed by atoms with van der Waals surface area (Å²) < 4.78 is 16.3. The van der Waals surface area contributed by atoms with Crippen LogP contribution in [0.3, 0.4) is 0 Å². The zero-order valence-corrected chi connectivity index (χ0v) is 10.5. The highest BCUT2D eigenvalue weighted by molar-refractivity contribution is 5.52. The highest BCUT2D eigenvalue weighted by atomic mass is 16.5. The van der Waals surface area contributed by atoms with E-state index in [2.05, 4.69) is 6.92 Å². The third kappa shape index (κ3) is 2.56. The summed E-state index contributed by atoms with van der Waals surface area (Å²) in [6.07, 6.45) is 0. The lowest BCUT2D eigenvalue weighted by atomic mass is 10.2. The van der Waals surface area contributed by atoms with Crippen molar-refractivity contribution in [2.24, 2.45) is 0 Å². The zero-order valence-electron chi connectivity index (χ0n) is 10.5. The monoisotopic (exact) mass is 243 g/mol. The average Bonchev–Trinajstić information content (AvgIpc) is 2.38. The van der Waals surface area contributed by atoms with E-state index in [1.807, 2.05) is 42.5 Å². The summed E-state index contributed by atoms with van der Waals surface area (Å²) in [5.41, 5.74) is 0.898. The molecule has 0 heterocycles. The van der Waals surface area contributed by atoms with Crippen molar-refractivity contribution in [3.05, 3.63) is 55.0 Å². The molecule has 0 aromatic heterocycles. The molecule has 0 amide bonds. The third-order valence-corrected chi connectivity index (χ3v) is 2.49. The van der Waals surface area contributed by atoms with Crippen molar-refractivity contribution in [1.29, 1.82) is 0 Å². The van der Waals surface area contributed by atoms with Gasteiger partial charge in [0.15, 0.2) is 11.5 Å². The Kier molecular flexibility index (Phi) is 3.72. The van der Waals surface area contributed by atoms with Gasteiger partial charge in [0.05, 0.1) is 14.2 Å². The Morgan fingerprint density at radius 2 is 1.61 bits per heavy atom. The molecule has 0 atom stereocenters. The molecule has 0 aliphatic heterocycles. The van der Waals surface area contributed by atoms with Gasteiger partial charge < -0.3 is 14.2 Å². The van der Waals surface area contributed by atoms with Gasteiger partial charge in [-0.2, -0.15) is 0 Å². The largest absolute Gasteiger partial charge is 0.493 e. The van der Waals surface area contributed by atoms with Crippen LogP contribution in [0.5, 0.6) is 23.0 Å². The van der Waals surface area contributed by atoms with Crippen LogP contribution in [-0.2, 0) is 0 Å². The van der Waals surface area contributed by atoms with Crippen molar-refractivity contribution in [3.8, 4) is 23.0 Å². The smallest absolute Gasteiger partial charge is 0.203 e. The molecule has 0 aliphatic rings. The summed E-state index contributed by atoms with van der Waals surface area (Å²) in [6.45, 7) is 3.86. The Balaban J connectivity index is 2.34. The van der Waals surface area contributed by atoms with Crippen LogP contribution < -0.4 is 14.2 Å². The molecule has 2 aromatic carbocycles. The van der Waals surface area contributed by atoms with Crippen molar-refractivity contribution < 1.29 is 14.2 Å². The third-order valence-electron chi connectivity index (χ3n) is 2.49. The topological polar surface area (TPSA) is 27.7 Å². The van der Waals surface area contributed by atoms with Gasteiger partial charge in [-0.1, -0.05) is 18.2 Å². The van der Waals surface area contributed by atoms with Crippen molar-refractivity contribution in [3.63, 3.8) is 0 Å². The number of benzene rings is 2. The minimum atomic E-state index is 0.578. The first-order valence-corrected chi connectivity index (χ1v) is 5.55. The molecule has 0 unspecified atom stereocenters. The molecule has 0 aliphatic carbocycles. The van der Waals surface area contributed by atoms with Crippen molar-refractivity contribution in [1.82, 2.24) is 0 Å². The summed E-state index contributed by atoms with van der Waals surface area (Å²) in [6, 6.07) is 13.0. The predicted molar refractivity (Wildman–Crippen MR) is 70.5 cm³/mol. The minimum Gasteiger partial charge on any atom is -0.493 e. The number of rotatable bonds is 4. The van der Waals surface area contributed by atoms with Gasteiger partial charge in [-0.25, -0.2) is 0 Å². The normalized spacial score (nSPS) is 9.94. The second kappa shape index (κ2) is 5.45. The van der Waals surface area contributed by atoms with Gasteiger partial charge in [-0.05, 0) is 36.8 Å². The van der Waals surface area contributed by atoms with Gasteiger partial charge in [-0.15, -0.1) is 0 Å². The lowest BCUT2D eigenvalue weighted by molar-refractivity contribution is 0.336. The van der Waals surface area contributed by atoms with Crippen LogP contribution in [0.25, 0.3) is 0 Å². The highest BCUT2D eigenvalue weighted by Crippen LogP contribution is 2.39. The SMILES string of the molecule is [CH2]c1cccc(Oc2cccc(OC)c2OC)c1. The molecule has 0 N–H and O–H groups in total. The second-order valence-corrected chi connectivity index (χ2v) is 3.74. The summed E-state index contributed by atoms with van der Waals surface area (Å²) in [5, 5.41) is 0. The fraction of sp³-hybridized carbons (Fsp3) is 0.133. The maximum Gasteiger partial charge on any atom is 0.203 e. The van der Waals surface area contributed by atoms with E-state index in [9.17, 15) is 0 Å². The number of ether oxygens (including phenoxy) is 3. The molecular weight excluding hydrogens is 228 g/mol. The van der Waals surface area contributed by atoms with E-state index in [1.165, 1.54) is 0 Å². The molecule has 1 radical (unpaired) electrons. The molecule has 0 bridgehead atoms. The molecule has 0 saturated heterocycles. The van der Waals surface area contributed by atoms with Crippen LogP contribution >= 0.6 is 0 Å². The quantitative estimate of drug-likeness (QED) is 0.819. The molecule has 93 valence electrons. The van der Waals surface area contributed by atoms with Gasteiger partial charge in [0.1, 0.15) is 5.75 Å². The molecule has 3 nitrogen and oxygen atoms in total. The van der Waals surface area contributed by atoms with Crippen LogP contribution in [0.4, 0.5) is 0 Å². The number of para-hydroxylation sites is 1. The van der Waals surface area contributed by atoms with E-state index in [-0.39, 0.29) is 0 Å². The first-order chi connectivity index (χ1) is 8.74. The first kappa shape index (κ1) is 12.3. The summed E-state index contributed by atoms with van der Waals surface area (Å²) in [5.74, 6) is 2.55. The van der Waals surface area contributed by atoms with Crippen LogP contribution in [-0.4, -0.2) is 14.2 Å². The van der Waals surface area contributed by atoms with Crippen LogP contribution in [0.15, 0.2) is 42.5 Å². The maximum atomic E-state index is 5.78. The van der Waals surface area contributed by atoms with E-state index in [0.717, 1.165) is 5.56 Å². The maximum absolute atomic E-state index is 5.78. The van der Waals surface area contributed by atoms with E-state index < -0.39 is 0 Å². The van der Waals surface area contributed by atoms with Gasteiger partial charge >= 0.3 is 0 Å². The molecule has 0 saturated carbocycles. The Bertz CT molecular complexity index is 535. The minimum absolute atomic E-state index is 0.578. The van der Waals surface area contributed by atoms with Crippen LogP contribution in [0.1, 0.15) is 5.56 Å². The van der Waals surface area contributed by atoms with Crippen molar-refractivity contribution in [2.45, 2.75) is 0 Å². The molecule has 3 heteroatoms. The number of methoxy groups -OCH3 is 2.